The molecule has 1 unspecified atom stereocenters. The summed E-state index contributed by atoms with van der Waals surface area (Å²) in [5.41, 5.74) is 0. The highest BCUT2D eigenvalue weighted by atomic mass is 32.2. The predicted octanol–water partition coefficient (Wildman–Crippen LogP) is 2.15. The van der Waals surface area contributed by atoms with Gasteiger partial charge in [0.1, 0.15) is 0 Å². The van der Waals surface area contributed by atoms with Crippen molar-refractivity contribution in [3.05, 3.63) is 0 Å². The lowest BCUT2D eigenvalue weighted by Crippen LogP contribution is -2.40. The Hall–Kier alpha value is -0.620. The zero-order valence-electron chi connectivity index (χ0n) is 15.2. The highest BCUT2D eigenvalue weighted by Gasteiger charge is 2.18. The van der Waals surface area contributed by atoms with Gasteiger partial charge in [0.2, 0.25) is 0 Å². The Labute approximate surface area is 139 Å². The van der Waals surface area contributed by atoms with Crippen LogP contribution in [0.2, 0.25) is 0 Å². The summed E-state index contributed by atoms with van der Waals surface area (Å²) in [5, 5.41) is 6.41. The van der Waals surface area contributed by atoms with Crippen LogP contribution in [0.25, 0.3) is 0 Å². The van der Waals surface area contributed by atoms with E-state index in [4.69, 9.17) is 4.74 Å². The van der Waals surface area contributed by atoms with E-state index >= 15 is 0 Å². The van der Waals surface area contributed by atoms with Gasteiger partial charge in [-0.3, -0.25) is 9.20 Å². The molecular weight excluding hydrogens is 298 g/mol. The molecule has 0 aliphatic heterocycles. The van der Waals surface area contributed by atoms with E-state index in [0.29, 0.717) is 31.4 Å². The van der Waals surface area contributed by atoms with Gasteiger partial charge in [0.05, 0.1) is 13.2 Å². The van der Waals surface area contributed by atoms with Crippen LogP contribution < -0.4 is 10.6 Å². The van der Waals surface area contributed by atoms with Gasteiger partial charge < -0.3 is 15.4 Å². The Morgan fingerprint density at radius 3 is 2.45 bits per heavy atom. The summed E-state index contributed by atoms with van der Waals surface area (Å²) in [6.07, 6.45) is 1.08. The summed E-state index contributed by atoms with van der Waals surface area (Å²) in [7, 11) is -0.842. The average molecular weight is 334 g/mol. The fourth-order valence-corrected chi connectivity index (χ4v) is 2.45. The van der Waals surface area contributed by atoms with Crippen LogP contribution in [-0.4, -0.2) is 53.5 Å². The molecule has 132 valence electrons. The van der Waals surface area contributed by atoms with Gasteiger partial charge >= 0.3 is 0 Å². The maximum Gasteiger partial charge on any atom is 0.191 e. The van der Waals surface area contributed by atoms with Crippen LogP contribution in [0.5, 0.6) is 0 Å². The minimum atomic E-state index is -0.842. The van der Waals surface area contributed by atoms with Crippen molar-refractivity contribution in [1.82, 2.24) is 10.6 Å². The molecule has 0 aliphatic rings. The molecule has 0 aliphatic carbocycles. The molecule has 6 heteroatoms. The van der Waals surface area contributed by atoms with Crippen LogP contribution in [0.4, 0.5) is 0 Å². The molecule has 5 nitrogen and oxygen atoms in total. The minimum absolute atomic E-state index is 0.165. The molecule has 0 rings (SSSR count). The molecule has 0 aromatic heterocycles. The molecule has 0 radical (unpaired) electrons. The second-order valence-electron chi connectivity index (χ2n) is 6.64. The fraction of sp³-hybridized carbons (Fsp3) is 0.938. The van der Waals surface area contributed by atoms with Crippen molar-refractivity contribution in [2.24, 2.45) is 10.9 Å². The van der Waals surface area contributed by atoms with E-state index in [1.807, 2.05) is 27.7 Å². The number of rotatable bonds is 10. The van der Waals surface area contributed by atoms with E-state index in [1.54, 1.807) is 0 Å². The highest BCUT2D eigenvalue weighted by Crippen LogP contribution is 2.10. The van der Waals surface area contributed by atoms with E-state index in [0.717, 1.165) is 25.5 Å². The van der Waals surface area contributed by atoms with E-state index in [1.165, 1.54) is 0 Å². The van der Waals surface area contributed by atoms with Crippen molar-refractivity contribution in [1.29, 1.82) is 0 Å². The molecule has 0 spiro atoms. The third kappa shape index (κ3) is 12.0. The average Bonchev–Trinajstić information content (AvgIpc) is 2.40. The van der Waals surface area contributed by atoms with Crippen molar-refractivity contribution in [3.63, 3.8) is 0 Å². The van der Waals surface area contributed by atoms with E-state index < -0.39 is 10.8 Å². The van der Waals surface area contributed by atoms with Crippen LogP contribution in [-0.2, 0) is 15.5 Å². The largest absolute Gasteiger partial charge is 0.380 e. The molecule has 0 bridgehead atoms. The maximum absolute atomic E-state index is 12.0. The molecule has 0 heterocycles. The van der Waals surface area contributed by atoms with Crippen molar-refractivity contribution >= 4 is 16.8 Å². The number of nitrogens with one attached hydrogen (secondary N) is 2. The van der Waals surface area contributed by atoms with E-state index in [9.17, 15) is 4.21 Å². The second-order valence-corrected chi connectivity index (χ2v) is 8.97. The predicted molar refractivity (Wildman–Crippen MR) is 97.0 cm³/mol. The topological polar surface area (TPSA) is 62.7 Å². The van der Waals surface area contributed by atoms with Crippen LogP contribution in [0.3, 0.4) is 0 Å². The summed E-state index contributed by atoms with van der Waals surface area (Å²) in [6.45, 7) is 15.9. The van der Waals surface area contributed by atoms with Gasteiger partial charge in [-0.25, -0.2) is 0 Å². The lowest BCUT2D eigenvalue weighted by atomic mass is 10.1. The van der Waals surface area contributed by atoms with Gasteiger partial charge in [0.25, 0.3) is 0 Å². The first-order valence-corrected chi connectivity index (χ1v) is 9.57. The molecule has 0 saturated carbocycles. The van der Waals surface area contributed by atoms with Gasteiger partial charge in [-0.2, -0.15) is 0 Å². The number of guanidine groups is 1. The Morgan fingerprint density at radius 1 is 1.23 bits per heavy atom. The molecule has 1 atom stereocenters. The van der Waals surface area contributed by atoms with E-state index in [-0.39, 0.29) is 4.75 Å². The summed E-state index contributed by atoms with van der Waals surface area (Å²) in [6, 6.07) is 0. The second kappa shape index (κ2) is 11.9. The monoisotopic (exact) mass is 333 g/mol. The van der Waals surface area contributed by atoms with Gasteiger partial charge in [-0.05, 0) is 40.0 Å². The molecule has 0 fully saturated rings. The van der Waals surface area contributed by atoms with Gasteiger partial charge in [0.15, 0.2) is 5.96 Å². The quantitative estimate of drug-likeness (QED) is 0.365. The SMILES string of the molecule is CCNC(=NCCOCCC(C)C)NCCS(=O)C(C)(C)C. The molecule has 0 amide bonds. The normalized spacial score (nSPS) is 14.2. The third-order valence-electron chi connectivity index (χ3n) is 2.95. The molecule has 0 aromatic rings. The van der Waals surface area contributed by atoms with E-state index in [2.05, 4.69) is 29.5 Å². The zero-order chi connectivity index (χ0) is 17.0. The minimum Gasteiger partial charge on any atom is -0.380 e. The number of hydrogen-bond acceptors (Lipinski definition) is 3. The zero-order valence-corrected chi connectivity index (χ0v) is 16.0. The summed E-state index contributed by atoms with van der Waals surface area (Å²) >= 11 is 0. The summed E-state index contributed by atoms with van der Waals surface area (Å²) in [5.74, 6) is 2.06. The van der Waals surface area contributed by atoms with Crippen LogP contribution in [0.15, 0.2) is 4.99 Å². The maximum atomic E-state index is 12.0. The molecule has 0 aromatic carbocycles. The smallest absolute Gasteiger partial charge is 0.191 e. The standard InChI is InChI=1S/C16H35N3O2S/c1-7-17-15(18-9-12-21-11-8-14(2)3)19-10-13-22(20)16(4,5)6/h14H,7-13H2,1-6H3,(H2,17,18,19). The lowest BCUT2D eigenvalue weighted by molar-refractivity contribution is 0.130. The van der Waals surface area contributed by atoms with Crippen molar-refractivity contribution < 1.29 is 8.95 Å². The van der Waals surface area contributed by atoms with Crippen molar-refractivity contribution in [3.8, 4) is 0 Å². The fourth-order valence-electron chi connectivity index (χ4n) is 1.55. The van der Waals surface area contributed by atoms with Crippen LogP contribution >= 0.6 is 0 Å². The lowest BCUT2D eigenvalue weighted by Gasteiger charge is -2.18. The molecule has 22 heavy (non-hydrogen) atoms. The Morgan fingerprint density at radius 2 is 1.91 bits per heavy atom. The third-order valence-corrected chi connectivity index (χ3v) is 4.89. The first-order valence-electron chi connectivity index (χ1n) is 8.25. The van der Waals surface area contributed by atoms with Crippen LogP contribution in [0.1, 0.15) is 48.0 Å². The van der Waals surface area contributed by atoms with Gasteiger partial charge in [0, 0.05) is 41.0 Å². The van der Waals surface area contributed by atoms with Crippen molar-refractivity contribution in [2.45, 2.75) is 52.7 Å². The van der Waals surface area contributed by atoms with Crippen molar-refractivity contribution in [2.75, 3.05) is 38.6 Å². The first kappa shape index (κ1) is 21.4. The summed E-state index contributed by atoms with van der Waals surface area (Å²) in [4.78, 5) is 4.46. The number of aliphatic imine (C=N–C) groups is 1. The molecule has 0 saturated heterocycles. The molecule has 2 N–H and O–H groups in total. The number of nitrogens with zero attached hydrogens (tertiary/aromatic N) is 1. The van der Waals surface area contributed by atoms with Gasteiger partial charge in [-0.15, -0.1) is 0 Å². The Balaban J connectivity index is 3.98. The first-order chi connectivity index (χ1) is 10.3. The number of hydrogen-bond donors (Lipinski definition) is 2. The molecular formula is C16H35N3O2S. The summed E-state index contributed by atoms with van der Waals surface area (Å²) < 4.78 is 17.4. The highest BCUT2D eigenvalue weighted by molar-refractivity contribution is 7.86. The Kier molecular flexibility index (Phi) is 11.5. The van der Waals surface area contributed by atoms with Gasteiger partial charge in [-0.1, -0.05) is 13.8 Å². The number of ether oxygens (including phenoxy) is 1. The Bertz CT molecular complexity index is 339. The van der Waals surface area contributed by atoms with Crippen LogP contribution in [0, 0.1) is 5.92 Å².